The molecule has 2 aromatic heterocycles. The highest BCUT2D eigenvalue weighted by Crippen LogP contribution is 2.56. The molecule has 1 unspecified atom stereocenters. The molecule has 3 aromatic carbocycles. The molecule has 129 valence electrons. The summed E-state index contributed by atoms with van der Waals surface area (Å²) in [6, 6.07) is 26.2. The van der Waals surface area contributed by atoms with Gasteiger partial charge < -0.3 is 0 Å². The SMILES string of the molecule is [c]1cccc2c1N(c1nc3ccccc3s1)C(c1nc3ccccc3s1)S2. The fourth-order valence-electron chi connectivity index (χ4n) is 3.30. The van der Waals surface area contributed by atoms with Gasteiger partial charge in [-0.1, -0.05) is 59.5 Å². The molecule has 1 aliphatic heterocycles. The molecule has 0 bridgehead atoms. The van der Waals surface area contributed by atoms with Crippen molar-refractivity contribution in [3.63, 3.8) is 0 Å². The summed E-state index contributed by atoms with van der Waals surface area (Å²) in [7, 11) is 0. The lowest BCUT2D eigenvalue weighted by molar-refractivity contribution is 0.946. The summed E-state index contributed by atoms with van der Waals surface area (Å²) in [5.41, 5.74) is 3.18. The zero-order valence-corrected chi connectivity index (χ0v) is 16.4. The Morgan fingerprint density at radius 1 is 0.815 bits per heavy atom. The molecule has 6 heteroatoms. The van der Waals surface area contributed by atoms with Crippen LogP contribution >= 0.6 is 34.4 Å². The van der Waals surface area contributed by atoms with E-state index in [1.807, 2.05) is 36.0 Å². The van der Waals surface area contributed by atoms with E-state index in [2.05, 4.69) is 53.4 Å². The first-order valence-corrected chi connectivity index (χ1v) is 11.1. The number of anilines is 2. The zero-order chi connectivity index (χ0) is 17.8. The molecule has 0 saturated heterocycles. The van der Waals surface area contributed by atoms with Gasteiger partial charge in [-0.25, -0.2) is 9.97 Å². The molecule has 6 rings (SSSR count). The summed E-state index contributed by atoms with van der Waals surface area (Å²) in [6.07, 6.45) is 0. The lowest BCUT2D eigenvalue weighted by atomic mass is 10.3. The number of hydrogen-bond acceptors (Lipinski definition) is 6. The summed E-state index contributed by atoms with van der Waals surface area (Å²) in [5.74, 6) is 0. The Hall–Kier alpha value is -2.41. The summed E-state index contributed by atoms with van der Waals surface area (Å²) >= 11 is 5.31. The summed E-state index contributed by atoms with van der Waals surface area (Å²) in [4.78, 5) is 13.4. The molecule has 1 atom stereocenters. The van der Waals surface area contributed by atoms with Gasteiger partial charge in [-0.2, -0.15) is 0 Å². The minimum Gasteiger partial charge on any atom is -0.297 e. The number of thiazole rings is 2. The number of benzene rings is 3. The highest BCUT2D eigenvalue weighted by atomic mass is 32.2. The minimum atomic E-state index is 0.0802. The van der Waals surface area contributed by atoms with Gasteiger partial charge in [-0.15, -0.1) is 11.3 Å². The van der Waals surface area contributed by atoms with E-state index in [4.69, 9.17) is 9.97 Å². The van der Waals surface area contributed by atoms with Gasteiger partial charge in [-0.3, -0.25) is 4.90 Å². The molecule has 1 radical (unpaired) electrons. The van der Waals surface area contributed by atoms with Crippen LogP contribution in [0.5, 0.6) is 0 Å². The number of para-hydroxylation sites is 3. The van der Waals surface area contributed by atoms with E-state index in [0.717, 1.165) is 26.9 Å². The molecule has 3 heterocycles. The Balaban J connectivity index is 1.54. The Bertz CT molecular complexity index is 1220. The maximum atomic E-state index is 4.93. The number of fused-ring (bicyclic) bond motifs is 3. The van der Waals surface area contributed by atoms with Gasteiger partial charge in [0.2, 0.25) is 0 Å². The summed E-state index contributed by atoms with van der Waals surface area (Å²) in [5, 5.41) is 2.18. The molecule has 0 saturated carbocycles. The smallest absolute Gasteiger partial charge is 0.192 e. The van der Waals surface area contributed by atoms with Crippen LogP contribution < -0.4 is 4.90 Å². The Morgan fingerprint density at radius 2 is 1.56 bits per heavy atom. The first kappa shape index (κ1) is 15.6. The largest absolute Gasteiger partial charge is 0.297 e. The van der Waals surface area contributed by atoms with Gasteiger partial charge in [-0.05, 0) is 30.3 Å². The minimum absolute atomic E-state index is 0.0802. The average molecular weight is 403 g/mol. The standard InChI is InChI=1S/C21H12N3S3/c1-4-10-16-13(7-1)22-19(25-16)20-24(15-9-3-6-12-18(15)26-20)21-23-14-8-2-5-11-17(14)27-21/h1-8,10-12,20H. The van der Waals surface area contributed by atoms with Crippen LogP contribution in [-0.4, -0.2) is 9.97 Å². The lowest BCUT2D eigenvalue weighted by Crippen LogP contribution is -2.16. The van der Waals surface area contributed by atoms with E-state index in [0.29, 0.717) is 0 Å². The van der Waals surface area contributed by atoms with Gasteiger partial charge in [0, 0.05) is 11.0 Å². The Morgan fingerprint density at radius 3 is 2.33 bits per heavy atom. The zero-order valence-electron chi connectivity index (χ0n) is 14.0. The van der Waals surface area contributed by atoms with Gasteiger partial charge in [0.25, 0.3) is 0 Å². The third-order valence-electron chi connectivity index (χ3n) is 4.52. The first-order valence-electron chi connectivity index (χ1n) is 8.54. The number of thioether (sulfide) groups is 1. The van der Waals surface area contributed by atoms with Gasteiger partial charge in [0.1, 0.15) is 10.4 Å². The summed E-state index contributed by atoms with van der Waals surface area (Å²) < 4.78 is 2.42. The van der Waals surface area contributed by atoms with Crippen LogP contribution in [0.1, 0.15) is 10.4 Å². The molecule has 1 aliphatic rings. The normalized spacial score (nSPS) is 16.3. The first-order chi connectivity index (χ1) is 13.4. The number of hydrogen-bond donors (Lipinski definition) is 0. The van der Waals surface area contributed by atoms with Crippen LogP contribution in [-0.2, 0) is 0 Å². The van der Waals surface area contributed by atoms with Gasteiger partial charge in [0.05, 0.1) is 26.1 Å². The molecule has 0 spiro atoms. The number of rotatable bonds is 2. The second-order valence-electron chi connectivity index (χ2n) is 6.21. The lowest BCUT2D eigenvalue weighted by Gasteiger charge is -2.21. The number of aromatic nitrogens is 2. The molecule has 0 amide bonds. The van der Waals surface area contributed by atoms with Crippen LogP contribution in [0.15, 0.2) is 71.6 Å². The fraction of sp³-hybridized carbons (Fsp3) is 0.0476. The van der Waals surface area contributed by atoms with Crippen molar-refractivity contribution in [2.45, 2.75) is 10.3 Å². The van der Waals surface area contributed by atoms with Crippen LogP contribution in [0.25, 0.3) is 20.4 Å². The maximum absolute atomic E-state index is 4.93. The molecule has 0 N–H and O–H groups in total. The predicted molar refractivity (Wildman–Crippen MR) is 115 cm³/mol. The van der Waals surface area contributed by atoms with Crippen molar-refractivity contribution in [1.29, 1.82) is 0 Å². The third kappa shape index (κ3) is 2.48. The van der Waals surface area contributed by atoms with Crippen LogP contribution in [0.2, 0.25) is 0 Å². The fourth-order valence-corrected chi connectivity index (χ4v) is 6.73. The van der Waals surface area contributed by atoms with Gasteiger partial charge >= 0.3 is 0 Å². The maximum Gasteiger partial charge on any atom is 0.192 e. The van der Waals surface area contributed by atoms with Crippen molar-refractivity contribution < 1.29 is 0 Å². The van der Waals surface area contributed by atoms with E-state index in [1.165, 1.54) is 14.3 Å². The van der Waals surface area contributed by atoms with Crippen LogP contribution in [0.4, 0.5) is 10.8 Å². The molecule has 3 nitrogen and oxygen atoms in total. The highest BCUT2D eigenvalue weighted by molar-refractivity contribution is 8.00. The monoisotopic (exact) mass is 402 g/mol. The van der Waals surface area contributed by atoms with E-state index < -0.39 is 0 Å². The van der Waals surface area contributed by atoms with Crippen molar-refractivity contribution in [2.24, 2.45) is 0 Å². The quantitative estimate of drug-likeness (QED) is 0.331. The van der Waals surface area contributed by atoms with Crippen LogP contribution in [0.3, 0.4) is 0 Å². The van der Waals surface area contributed by atoms with Gasteiger partial charge in [0.15, 0.2) is 5.13 Å². The average Bonchev–Trinajstić information content (AvgIpc) is 3.40. The van der Waals surface area contributed by atoms with Crippen molar-refractivity contribution in [2.75, 3.05) is 4.90 Å². The second kappa shape index (κ2) is 6.05. The molecule has 0 fully saturated rings. The molecular formula is C21H12N3S3. The van der Waals surface area contributed by atoms with E-state index in [-0.39, 0.29) is 5.37 Å². The Kier molecular flexibility index (Phi) is 3.50. The molecule has 5 aromatic rings. The summed E-state index contributed by atoms with van der Waals surface area (Å²) in [6.45, 7) is 0. The highest BCUT2D eigenvalue weighted by Gasteiger charge is 2.36. The topological polar surface area (TPSA) is 29.0 Å². The predicted octanol–water partition coefficient (Wildman–Crippen LogP) is 6.65. The van der Waals surface area contributed by atoms with Crippen molar-refractivity contribution in [3.8, 4) is 0 Å². The Labute approximate surface area is 168 Å². The van der Waals surface area contributed by atoms with Crippen molar-refractivity contribution >= 4 is 65.7 Å². The molecular weight excluding hydrogens is 390 g/mol. The molecule has 0 aliphatic carbocycles. The second-order valence-corrected chi connectivity index (χ2v) is 9.40. The third-order valence-corrected chi connectivity index (χ3v) is 8.04. The van der Waals surface area contributed by atoms with Crippen molar-refractivity contribution in [3.05, 3.63) is 77.8 Å². The van der Waals surface area contributed by atoms with Crippen molar-refractivity contribution in [1.82, 2.24) is 9.97 Å². The van der Waals surface area contributed by atoms with Crippen LogP contribution in [0, 0.1) is 6.07 Å². The molecule has 27 heavy (non-hydrogen) atoms. The van der Waals surface area contributed by atoms with E-state index in [9.17, 15) is 0 Å². The van der Waals surface area contributed by atoms with E-state index >= 15 is 0 Å². The number of nitrogens with zero attached hydrogens (tertiary/aromatic N) is 3. The van der Waals surface area contributed by atoms with E-state index in [1.54, 1.807) is 22.7 Å².